The Hall–Kier alpha value is -1.29. The van der Waals surface area contributed by atoms with Crippen molar-refractivity contribution in [1.82, 2.24) is 0 Å². The van der Waals surface area contributed by atoms with E-state index in [0.29, 0.717) is 5.92 Å². The molecule has 2 aliphatic carbocycles. The van der Waals surface area contributed by atoms with Gasteiger partial charge in [-0.1, -0.05) is 12.2 Å². The van der Waals surface area contributed by atoms with Crippen LogP contribution in [0.3, 0.4) is 0 Å². The predicted molar refractivity (Wildman–Crippen MR) is 81.1 cm³/mol. The van der Waals surface area contributed by atoms with Crippen LogP contribution >= 0.6 is 11.3 Å². The number of nitrogens with two attached hydrogens (primary N) is 1. The molecule has 0 aromatic carbocycles. The fourth-order valence-electron chi connectivity index (χ4n) is 2.31. The molecule has 0 aliphatic heterocycles. The fourth-order valence-corrected chi connectivity index (χ4v) is 3.53. The van der Waals surface area contributed by atoms with Crippen LogP contribution in [0.5, 0.6) is 0 Å². The number of hydrogen-bond donors (Lipinski definition) is 2. The average molecular weight is 276 g/mol. The van der Waals surface area contributed by atoms with E-state index in [4.69, 9.17) is 5.73 Å². The molecule has 1 aromatic heterocycles. The minimum Gasteiger partial charge on any atom is -0.397 e. The molecule has 0 atom stereocenters. The van der Waals surface area contributed by atoms with Gasteiger partial charge < -0.3 is 11.1 Å². The molecule has 3 rings (SSSR count). The molecule has 1 heterocycles. The molecule has 4 heteroatoms. The molecule has 0 amide bonds. The Labute approximate surface area is 117 Å². The highest BCUT2D eigenvalue weighted by atomic mass is 32.1. The Morgan fingerprint density at radius 2 is 2.11 bits per heavy atom. The highest BCUT2D eigenvalue weighted by molar-refractivity contribution is 7.19. The van der Waals surface area contributed by atoms with Gasteiger partial charge in [0.2, 0.25) is 0 Å². The standard InChI is InChI=1S/C15H20N2OS/c1-8(2)7-17-15-11(9-3-4-9)12(16)14(19-15)13(18)10-5-6-10/h9-10,17H,1,3-7,16H2,2H3. The third-order valence-electron chi connectivity index (χ3n) is 3.69. The summed E-state index contributed by atoms with van der Waals surface area (Å²) >= 11 is 1.55. The van der Waals surface area contributed by atoms with Crippen molar-refractivity contribution in [2.24, 2.45) is 5.92 Å². The Balaban J connectivity index is 1.90. The van der Waals surface area contributed by atoms with Crippen molar-refractivity contribution in [2.75, 3.05) is 17.6 Å². The van der Waals surface area contributed by atoms with Crippen molar-refractivity contribution in [3.8, 4) is 0 Å². The Kier molecular flexibility index (Phi) is 3.13. The Morgan fingerprint density at radius 3 is 2.63 bits per heavy atom. The van der Waals surface area contributed by atoms with Gasteiger partial charge in [0, 0.05) is 18.0 Å². The SMILES string of the molecule is C=C(C)CNc1sc(C(=O)C2CC2)c(N)c1C1CC1. The molecule has 0 unspecified atom stereocenters. The predicted octanol–water partition coefficient (Wildman–Crippen LogP) is 3.79. The molecule has 2 fully saturated rings. The summed E-state index contributed by atoms with van der Waals surface area (Å²) < 4.78 is 0. The van der Waals surface area contributed by atoms with E-state index in [1.165, 1.54) is 18.4 Å². The number of Topliss-reactive ketones (excluding diaryl/α,β-unsaturated/α-hetero) is 1. The Bertz CT molecular complexity index is 539. The summed E-state index contributed by atoms with van der Waals surface area (Å²) in [7, 11) is 0. The summed E-state index contributed by atoms with van der Waals surface area (Å²) in [4.78, 5) is 13.0. The first-order valence-electron chi connectivity index (χ1n) is 6.92. The molecular weight excluding hydrogens is 256 g/mol. The van der Waals surface area contributed by atoms with E-state index in [9.17, 15) is 4.79 Å². The van der Waals surface area contributed by atoms with Crippen LogP contribution in [-0.2, 0) is 0 Å². The van der Waals surface area contributed by atoms with E-state index in [0.717, 1.165) is 40.5 Å². The average Bonchev–Trinajstić information content (AvgIpc) is 3.23. The van der Waals surface area contributed by atoms with Gasteiger partial charge in [-0.2, -0.15) is 0 Å². The number of thiophene rings is 1. The number of carbonyl (C=O) groups is 1. The zero-order valence-electron chi connectivity index (χ0n) is 11.3. The first-order valence-corrected chi connectivity index (χ1v) is 7.74. The maximum absolute atomic E-state index is 12.3. The number of carbonyl (C=O) groups excluding carboxylic acids is 1. The second-order valence-corrected chi connectivity index (χ2v) is 6.83. The van der Waals surface area contributed by atoms with Gasteiger partial charge in [0.25, 0.3) is 0 Å². The molecule has 0 spiro atoms. The number of rotatable bonds is 6. The first kappa shape index (κ1) is 12.7. The molecule has 3 nitrogen and oxygen atoms in total. The van der Waals surface area contributed by atoms with Crippen LogP contribution in [0.1, 0.15) is 53.8 Å². The molecule has 102 valence electrons. The van der Waals surface area contributed by atoms with Crippen LogP contribution in [0.15, 0.2) is 12.2 Å². The van der Waals surface area contributed by atoms with Crippen molar-refractivity contribution >= 4 is 27.8 Å². The molecule has 0 bridgehead atoms. The first-order chi connectivity index (χ1) is 9.08. The molecule has 0 radical (unpaired) electrons. The van der Waals surface area contributed by atoms with E-state index in [1.807, 2.05) is 6.92 Å². The van der Waals surface area contributed by atoms with Crippen molar-refractivity contribution in [1.29, 1.82) is 0 Å². The maximum Gasteiger partial charge on any atom is 0.178 e. The third kappa shape index (κ3) is 2.54. The lowest BCUT2D eigenvalue weighted by Gasteiger charge is -2.06. The van der Waals surface area contributed by atoms with Gasteiger partial charge in [-0.3, -0.25) is 4.79 Å². The highest BCUT2D eigenvalue weighted by Crippen LogP contribution is 2.52. The smallest absolute Gasteiger partial charge is 0.178 e. The van der Waals surface area contributed by atoms with Gasteiger partial charge in [0.15, 0.2) is 5.78 Å². The zero-order chi connectivity index (χ0) is 13.6. The van der Waals surface area contributed by atoms with Crippen LogP contribution < -0.4 is 11.1 Å². The van der Waals surface area contributed by atoms with E-state index < -0.39 is 0 Å². The van der Waals surface area contributed by atoms with E-state index in [1.54, 1.807) is 11.3 Å². The quantitative estimate of drug-likeness (QED) is 0.614. The minimum absolute atomic E-state index is 0.238. The summed E-state index contributed by atoms with van der Waals surface area (Å²) in [6.07, 6.45) is 4.45. The summed E-state index contributed by atoms with van der Waals surface area (Å²) in [6, 6.07) is 0. The van der Waals surface area contributed by atoms with Crippen LogP contribution in [0.4, 0.5) is 10.7 Å². The van der Waals surface area contributed by atoms with Crippen LogP contribution in [-0.4, -0.2) is 12.3 Å². The van der Waals surface area contributed by atoms with Crippen molar-refractivity contribution < 1.29 is 4.79 Å². The summed E-state index contributed by atoms with van der Waals surface area (Å²) in [6.45, 7) is 6.65. The lowest BCUT2D eigenvalue weighted by Crippen LogP contribution is -2.03. The molecular formula is C15H20N2OS. The number of nitrogens with one attached hydrogen (secondary N) is 1. The van der Waals surface area contributed by atoms with Gasteiger partial charge in [0.05, 0.1) is 15.6 Å². The van der Waals surface area contributed by atoms with Gasteiger partial charge >= 0.3 is 0 Å². The van der Waals surface area contributed by atoms with Gasteiger partial charge in [-0.25, -0.2) is 0 Å². The zero-order valence-corrected chi connectivity index (χ0v) is 12.1. The summed E-state index contributed by atoms with van der Waals surface area (Å²) in [5.41, 5.74) is 9.27. The normalized spacial score (nSPS) is 18.4. The fraction of sp³-hybridized carbons (Fsp3) is 0.533. The largest absolute Gasteiger partial charge is 0.397 e. The Morgan fingerprint density at radius 1 is 1.42 bits per heavy atom. The van der Waals surface area contributed by atoms with Crippen LogP contribution in [0.25, 0.3) is 0 Å². The number of anilines is 2. The highest BCUT2D eigenvalue weighted by Gasteiger charge is 2.37. The molecule has 1 aromatic rings. The number of ketones is 1. The summed E-state index contributed by atoms with van der Waals surface area (Å²) in [5, 5.41) is 4.49. The van der Waals surface area contributed by atoms with Gasteiger partial charge in [-0.15, -0.1) is 11.3 Å². The minimum atomic E-state index is 0.238. The lowest BCUT2D eigenvalue weighted by atomic mass is 10.1. The van der Waals surface area contributed by atoms with Gasteiger partial charge in [0.1, 0.15) is 0 Å². The lowest BCUT2D eigenvalue weighted by molar-refractivity contribution is 0.0972. The molecule has 2 saturated carbocycles. The van der Waals surface area contributed by atoms with Crippen LogP contribution in [0, 0.1) is 5.92 Å². The van der Waals surface area contributed by atoms with E-state index in [2.05, 4.69) is 11.9 Å². The van der Waals surface area contributed by atoms with Crippen LogP contribution in [0.2, 0.25) is 0 Å². The van der Waals surface area contributed by atoms with Crippen molar-refractivity contribution in [2.45, 2.75) is 38.5 Å². The summed E-state index contributed by atoms with van der Waals surface area (Å²) in [5.74, 6) is 1.05. The van der Waals surface area contributed by atoms with E-state index >= 15 is 0 Å². The second-order valence-electron chi connectivity index (χ2n) is 5.81. The number of hydrogen-bond acceptors (Lipinski definition) is 4. The van der Waals surface area contributed by atoms with E-state index in [-0.39, 0.29) is 11.7 Å². The van der Waals surface area contributed by atoms with Crippen molar-refractivity contribution in [3.05, 3.63) is 22.6 Å². The molecule has 2 aliphatic rings. The molecule has 19 heavy (non-hydrogen) atoms. The molecule has 0 saturated heterocycles. The molecule has 3 N–H and O–H groups in total. The maximum atomic E-state index is 12.3. The third-order valence-corrected chi connectivity index (χ3v) is 4.89. The monoisotopic (exact) mass is 276 g/mol. The second kappa shape index (κ2) is 4.67. The van der Waals surface area contributed by atoms with Gasteiger partial charge in [-0.05, 0) is 38.5 Å². The van der Waals surface area contributed by atoms with Crippen molar-refractivity contribution in [3.63, 3.8) is 0 Å². The number of nitrogen functional groups attached to an aromatic ring is 1. The topological polar surface area (TPSA) is 55.1 Å².